The highest BCUT2D eigenvalue weighted by molar-refractivity contribution is 7.86. The maximum atomic E-state index is 12.9. The molecule has 0 saturated heterocycles. The largest absolute Gasteiger partial charge is 0.497 e. The summed E-state index contributed by atoms with van der Waals surface area (Å²) in [4.78, 5) is 21.9. The van der Waals surface area contributed by atoms with Crippen LogP contribution in [-0.4, -0.2) is 34.2 Å². The molecule has 1 amide bonds. The van der Waals surface area contributed by atoms with E-state index < -0.39 is 11.0 Å². The van der Waals surface area contributed by atoms with Crippen molar-refractivity contribution in [2.45, 2.75) is 4.90 Å². The molecule has 0 aliphatic rings. The van der Waals surface area contributed by atoms with Crippen molar-refractivity contribution in [3.05, 3.63) is 83.9 Å². The molecule has 4 aromatic rings. The lowest BCUT2D eigenvalue weighted by molar-refractivity contribution is 0.102. The molecule has 0 radical (unpaired) electrons. The Morgan fingerprint density at radius 1 is 1.06 bits per heavy atom. The van der Waals surface area contributed by atoms with Gasteiger partial charge in [0.2, 0.25) is 0 Å². The summed E-state index contributed by atoms with van der Waals surface area (Å²) in [5, 5.41) is 5.13. The van der Waals surface area contributed by atoms with Crippen molar-refractivity contribution < 1.29 is 13.7 Å². The lowest BCUT2D eigenvalue weighted by Crippen LogP contribution is -2.20. The van der Waals surface area contributed by atoms with Gasteiger partial charge < -0.3 is 4.74 Å². The fraction of sp³-hybridized carbons (Fsp3) is 0.0870. The first-order valence-corrected chi connectivity index (χ1v) is 11.6. The molecule has 2 heterocycles. The van der Waals surface area contributed by atoms with Crippen LogP contribution in [0.5, 0.6) is 5.75 Å². The number of anilines is 2. The molecule has 162 valence electrons. The monoisotopic (exact) mass is 464 g/mol. The van der Waals surface area contributed by atoms with Gasteiger partial charge in [-0.15, -0.1) is 11.3 Å². The molecule has 0 aliphatic heterocycles. The smallest absolute Gasteiger partial charge is 0.257 e. The van der Waals surface area contributed by atoms with E-state index >= 15 is 0 Å². The molecule has 0 aliphatic carbocycles. The number of hydrogen-bond acceptors (Lipinski definition) is 6. The van der Waals surface area contributed by atoms with Gasteiger partial charge in [0.1, 0.15) is 11.4 Å². The quantitative estimate of drug-likeness (QED) is 0.431. The summed E-state index contributed by atoms with van der Waals surface area (Å²) in [6.07, 6.45) is 1.70. The molecule has 2 aromatic heterocycles. The number of nitrogens with zero attached hydrogens (tertiary/aromatic N) is 3. The third-order valence-electron chi connectivity index (χ3n) is 4.64. The van der Waals surface area contributed by atoms with E-state index in [9.17, 15) is 9.00 Å². The molecule has 1 N–H and O–H groups in total. The molecule has 0 bridgehead atoms. The molecule has 9 heteroatoms. The van der Waals surface area contributed by atoms with Crippen LogP contribution in [0.3, 0.4) is 0 Å². The van der Waals surface area contributed by atoms with Gasteiger partial charge in [0.15, 0.2) is 16.1 Å². The number of methoxy groups -OCH3 is 1. The summed E-state index contributed by atoms with van der Waals surface area (Å²) < 4.78 is 19.8. The van der Waals surface area contributed by atoms with Gasteiger partial charge in [0.25, 0.3) is 5.91 Å². The number of thiazole rings is 1. The van der Waals surface area contributed by atoms with Gasteiger partial charge >= 0.3 is 0 Å². The Kier molecular flexibility index (Phi) is 6.58. The van der Waals surface area contributed by atoms with Crippen molar-refractivity contribution in [1.29, 1.82) is 0 Å². The fourth-order valence-electron chi connectivity index (χ4n) is 2.92. The Morgan fingerprint density at radius 2 is 1.88 bits per heavy atom. The number of aromatic nitrogens is 2. The first kappa shape index (κ1) is 21.7. The molecule has 0 fully saturated rings. The predicted octanol–water partition coefficient (Wildman–Crippen LogP) is 4.63. The van der Waals surface area contributed by atoms with Crippen molar-refractivity contribution in [3.8, 4) is 17.1 Å². The second kappa shape index (κ2) is 9.71. The average molecular weight is 465 g/mol. The highest BCUT2D eigenvalue weighted by atomic mass is 32.2. The van der Waals surface area contributed by atoms with Crippen LogP contribution in [0.15, 0.2) is 83.2 Å². The van der Waals surface area contributed by atoms with Crippen LogP contribution in [0, 0.1) is 0 Å². The Balaban J connectivity index is 1.43. The van der Waals surface area contributed by atoms with Crippen LogP contribution >= 0.6 is 11.3 Å². The van der Waals surface area contributed by atoms with E-state index in [-0.39, 0.29) is 5.91 Å². The van der Waals surface area contributed by atoms with Crippen molar-refractivity contribution >= 4 is 39.0 Å². The SMILES string of the molecule is COc1cccc(N(C)S(=O)c2ccc(C(=O)Nc3nc(-c4ccccn4)cs3)cc2)c1. The Bertz CT molecular complexity index is 1240. The number of ether oxygens (including phenoxy) is 1. The zero-order valence-corrected chi connectivity index (χ0v) is 19.0. The van der Waals surface area contributed by atoms with E-state index in [1.807, 2.05) is 47.8 Å². The van der Waals surface area contributed by atoms with Crippen molar-refractivity contribution in [3.63, 3.8) is 0 Å². The second-order valence-electron chi connectivity index (χ2n) is 6.68. The summed E-state index contributed by atoms with van der Waals surface area (Å²) in [6, 6.07) is 19.6. The summed E-state index contributed by atoms with van der Waals surface area (Å²) in [6.45, 7) is 0. The van der Waals surface area contributed by atoms with E-state index in [0.29, 0.717) is 27.0 Å². The van der Waals surface area contributed by atoms with Gasteiger partial charge in [-0.05, 0) is 48.5 Å². The van der Waals surface area contributed by atoms with Crippen LogP contribution in [0.2, 0.25) is 0 Å². The zero-order chi connectivity index (χ0) is 22.5. The molecule has 0 spiro atoms. The standard InChI is InChI=1S/C23H20N4O3S2/c1-27(17-6-5-7-18(14-17)30-2)32(29)19-11-9-16(10-12-19)22(28)26-23-25-21(15-31-23)20-8-3-4-13-24-20/h3-15H,1-2H3,(H,25,26,28). The highest BCUT2D eigenvalue weighted by Gasteiger charge is 2.15. The van der Waals surface area contributed by atoms with Crippen molar-refractivity contribution in [2.24, 2.45) is 0 Å². The van der Waals surface area contributed by atoms with Crippen LogP contribution < -0.4 is 14.4 Å². The molecule has 7 nitrogen and oxygen atoms in total. The van der Waals surface area contributed by atoms with Gasteiger partial charge in [-0.3, -0.25) is 19.4 Å². The van der Waals surface area contributed by atoms with Crippen molar-refractivity contribution in [1.82, 2.24) is 9.97 Å². The summed E-state index contributed by atoms with van der Waals surface area (Å²) in [5.41, 5.74) is 2.66. The van der Waals surface area contributed by atoms with E-state index in [1.165, 1.54) is 11.3 Å². The minimum atomic E-state index is -1.44. The van der Waals surface area contributed by atoms with E-state index in [1.54, 1.807) is 48.9 Å². The van der Waals surface area contributed by atoms with Gasteiger partial charge in [0, 0.05) is 30.3 Å². The first-order valence-electron chi connectivity index (χ1n) is 9.63. The van der Waals surface area contributed by atoms with E-state index in [2.05, 4.69) is 15.3 Å². The van der Waals surface area contributed by atoms with E-state index in [4.69, 9.17) is 4.74 Å². The predicted molar refractivity (Wildman–Crippen MR) is 128 cm³/mol. The first-order chi connectivity index (χ1) is 15.5. The summed E-state index contributed by atoms with van der Waals surface area (Å²) in [7, 11) is 1.89. The molecule has 32 heavy (non-hydrogen) atoms. The molecule has 1 unspecified atom stereocenters. The lowest BCUT2D eigenvalue weighted by atomic mass is 10.2. The Morgan fingerprint density at radius 3 is 2.59 bits per heavy atom. The number of amides is 1. The highest BCUT2D eigenvalue weighted by Crippen LogP contribution is 2.25. The molecular weight excluding hydrogens is 444 g/mol. The van der Waals surface area contributed by atoms with Gasteiger partial charge in [-0.2, -0.15) is 0 Å². The molecule has 1 atom stereocenters. The van der Waals surface area contributed by atoms with E-state index in [0.717, 1.165) is 11.4 Å². The third-order valence-corrected chi connectivity index (χ3v) is 6.78. The maximum Gasteiger partial charge on any atom is 0.257 e. The number of benzene rings is 2. The van der Waals surface area contributed by atoms with Crippen LogP contribution in [0.25, 0.3) is 11.4 Å². The third kappa shape index (κ3) is 4.84. The van der Waals surface area contributed by atoms with Crippen molar-refractivity contribution in [2.75, 3.05) is 23.8 Å². The van der Waals surface area contributed by atoms with Gasteiger partial charge in [-0.25, -0.2) is 9.19 Å². The Hall–Kier alpha value is -3.56. The fourth-order valence-corrected chi connectivity index (χ4v) is 4.60. The number of rotatable bonds is 7. The topological polar surface area (TPSA) is 84.4 Å². The van der Waals surface area contributed by atoms with Gasteiger partial charge in [0.05, 0.1) is 23.4 Å². The lowest BCUT2D eigenvalue weighted by Gasteiger charge is -2.18. The Labute approximate surface area is 192 Å². The zero-order valence-electron chi connectivity index (χ0n) is 17.4. The minimum absolute atomic E-state index is 0.287. The van der Waals surface area contributed by atoms with Crippen LogP contribution in [0.1, 0.15) is 10.4 Å². The molecule has 4 rings (SSSR count). The minimum Gasteiger partial charge on any atom is -0.497 e. The molecule has 0 saturated carbocycles. The number of pyridine rings is 1. The number of hydrogen-bond donors (Lipinski definition) is 1. The average Bonchev–Trinajstić information content (AvgIpc) is 3.32. The summed E-state index contributed by atoms with van der Waals surface area (Å²) >= 11 is 1.33. The number of carbonyl (C=O) groups is 1. The number of carbonyl (C=O) groups excluding carboxylic acids is 1. The maximum absolute atomic E-state index is 12.9. The normalized spacial score (nSPS) is 11.6. The van der Waals surface area contributed by atoms with Gasteiger partial charge in [-0.1, -0.05) is 12.1 Å². The molecule has 2 aromatic carbocycles. The van der Waals surface area contributed by atoms with Crippen LogP contribution in [0.4, 0.5) is 10.8 Å². The summed E-state index contributed by atoms with van der Waals surface area (Å²) in [5.74, 6) is 0.400. The van der Waals surface area contributed by atoms with Crippen LogP contribution in [-0.2, 0) is 11.0 Å². The second-order valence-corrected chi connectivity index (χ2v) is 9.06. The molecular formula is C23H20N4O3S2. The number of nitrogens with one attached hydrogen (secondary N) is 1.